The molecular weight excluding hydrogens is 444 g/mol. The molecule has 0 fully saturated rings. The highest BCUT2D eigenvalue weighted by molar-refractivity contribution is 5.69. The highest BCUT2D eigenvalue weighted by Gasteiger charge is 2.13. The number of aryl methyl sites for hydroxylation is 4. The Hall–Kier alpha value is -4.06. The lowest BCUT2D eigenvalue weighted by Gasteiger charge is -2.06. The number of H-pyrrole nitrogens is 2. The maximum absolute atomic E-state index is 4.76. The normalized spacial score (nSPS) is 10.8. The molecule has 2 aromatic heterocycles. The Morgan fingerprint density at radius 2 is 0.861 bits per heavy atom. The average Bonchev–Trinajstić information content (AvgIpc) is 3.57. The molecule has 0 aliphatic carbocycles. The standard InChI is InChI=1S/C28H28N6.C2H6/c1-15-10-23(11-16(2)19(15)5)27-29-25(31-33-27)21-8-7-9-22(14-21)26-30-28(34-32-26)24-12-17(3)20(6)18(4)13-24;1-2/h7-14H,1-6H3,(H,29,31,33)(H,30,32,34);1-2H3. The van der Waals surface area contributed by atoms with Crippen molar-refractivity contribution in [1.29, 1.82) is 0 Å². The summed E-state index contributed by atoms with van der Waals surface area (Å²) in [5.74, 6) is 2.83. The number of aromatic amines is 2. The van der Waals surface area contributed by atoms with Crippen LogP contribution < -0.4 is 0 Å². The van der Waals surface area contributed by atoms with Crippen molar-refractivity contribution in [2.24, 2.45) is 0 Å². The van der Waals surface area contributed by atoms with Crippen LogP contribution in [0.5, 0.6) is 0 Å². The Balaban J connectivity index is 0.00000148. The second-order valence-corrected chi connectivity index (χ2v) is 9.07. The monoisotopic (exact) mass is 478 g/mol. The second-order valence-electron chi connectivity index (χ2n) is 9.07. The number of hydrogen-bond acceptors (Lipinski definition) is 4. The predicted octanol–water partition coefficient (Wildman–Crippen LogP) is 7.47. The van der Waals surface area contributed by atoms with Gasteiger partial charge in [-0.2, -0.15) is 10.2 Å². The van der Waals surface area contributed by atoms with E-state index < -0.39 is 0 Å². The molecule has 0 amide bonds. The van der Waals surface area contributed by atoms with Gasteiger partial charge in [-0.1, -0.05) is 32.0 Å². The predicted molar refractivity (Wildman–Crippen MR) is 148 cm³/mol. The number of nitrogens with one attached hydrogen (secondary N) is 2. The molecule has 5 rings (SSSR count). The van der Waals surface area contributed by atoms with Crippen molar-refractivity contribution in [3.05, 3.63) is 81.9 Å². The summed E-state index contributed by atoms with van der Waals surface area (Å²) in [5.41, 5.74) is 11.5. The van der Waals surface area contributed by atoms with Crippen molar-refractivity contribution in [1.82, 2.24) is 30.4 Å². The van der Waals surface area contributed by atoms with Crippen LogP contribution in [0.1, 0.15) is 47.2 Å². The Labute approximate surface area is 213 Å². The van der Waals surface area contributed by atoms with Gasteiger partial charge in [-0.25, -0.2) is 9.97 Å². The minimum atomic E-state index is 0.693. The molecule has 0 radical (unpaired) electrons. The number of rotatable bonds is 4. The first-order valence-corrected chi connectivity index (χ1v) is 12.4. The molecule has 0 saturated heterocycles. The van der Waals surface area contributed by atoms with Gasteiger partial charge in [0.15, 0.2) is 23.3 Å². The minimum absolute atomic E-state index is 0.693. The van der Waals surface area contributed by atoms with E-state index in [9.17, 15) is 0 Å². The quantitative estimate of drug-likeness (QED) is 0.281. The maximum Gasteiger partial charge on any atom is 0.181 e. The molecule has 5 aromatic rings. The van der Waals surface area contributed by atoms with Crippen LogP contribution >= 0.6 is 0 Å². The van der Waals surface area contributed by atoms with Crippen LogP contribution in [0.2, 0.25) is 0 Å². The molecule has 2 heterocycles. The Morgan fingerprint density at radius 1 is 0.500 bits per heavy atom. The summed E-state index contributed by atoms with van der Waals surface area (Å²) in [4.78, 5) is 9.53. The van der Waals surface area contributed by atoms with Crippen molar-refractivity contribution in [3.63, 3.8) is 0 Å². The molecule has 184 valence electrons. The number of benzene rings is 3. The van der Waals surface area contributed by atoms with Gasteiger partial charge in [0, 0.05) is 22.3 Å². The van der Waals surface area contributed by atoms with Gasteiger partial charge >= 0.3 is 0 Å². The molecule has 0 aliphatic heterocycles. The molecule has 0 spiro atoms. The van der Waals surface area contributed by atoms with E-state index in [4.69, 9.17) is 9.97 Å². The zero-order valence-corrected chi connectivity index (χ0v) is 22.4. The molecular formula is C30H34N6. The van der Waals surface area contributed by atoms with Gasteiger partial charge in [-0.3, -0.25) is 10.2 Å². The molecule has 6 nitrogen and oxygen atoms in total. The summed E-state index contributed by atoms with van der Waals surface area (Å²) in [6.45, 7) is 16.8. The van der Waals surface area contributed by atoms with Crippen LogP contribution in [0.3, 0.4) is 0 Å². The van der Waals surface area contributed by atoms with Gasteiger partial charge in [0.05, 0.1) is 0 Å². The fourth-order valence-electron chi connectivity index (χ4n) is 4.18. The van der Waals surface area contributed by atoms with E-state index in [1.54, 1.807) is 0 Å². The molecule has 0 atom stereocenters. The summed E-state index contributed by atoms with van der Waals surface area (Å²) in [7, 11) is 0. The first-order valence-electron chi connectivity index (χ1n) is 12.4. The summed E-state index contributed by atoms with van der Waals surface area (Å²) in [6, 6.07) is 16.6. The third-order valence-electron chi connectivity index (χ3n) is 6.75. The molecule has 3 aromatic carbocycles. The van der Waals surface area contributed by atoms with Gasteiger partial charge < -0.3 is 0 Å². The zero-order chi connectivity index (χ0) is 26.0. The maximum atomic E-state index is 4.76. The smallest absolute Gasteiger partial charge is 0.181 e. The van der Waals surface area contributed by atoms with Crippen LogP contribution in [-0.2, 0) is 0 Å². The van der Waals surface area contributed by atoms with Gasteiger partial charge in [0.2, 0.25) is 0 Å². The molecule has 0 bridgehead atoms. The third kappa shape index (κ3) is 4.85. The zero-order valence-electron chi connectivity index (χ0n) is 22.4. The fourth-order valence-corrected chi connectivity index (χ4v) is 4.18. The van der Waals surface area contributed by atoms with E-state index in [-0.39, 0.29) is 0 Å². The SMILES string of the molecule is CC.Cc1cc(-c2n[nH]c(-c3cccc(-c4nc(-c5cc(C)c(C)c(C)c5)n[nH]4)c3)n2)cc(C)c1C. The van der Waals surface area contributed by atoms with E-state index in [1.807, 2.05) is 38.1 Å². The molecule has 2 N–H and O–H groups in total. The summed E-state index contributed by atoms with van der Waals surface area (Å²) < 4.78 is 0. The van der Waals surface area contributed by atoms with Gasteiger partial charge in [0.25, 0.3) is 0 Å². The van der Waals surface area contributed by atoms with Crippen LogP contribution in [-0.4, -0.2) is 30.4 Å². The largest absolute Gasteiger partial charge is 0.259 e. The van der Waals surface area contributed by atoms with Gasteiger partial charge in [-0.05, 0) is 105 Å². The van der Waals surface area contributed by atoms with E-state index in [0.717, 1.165) is 33.9 Å². The average molecular weight is 479 g/mol. The number of nitrogens with zero attached hydrogens (tertiary/aromatic N) is 4. The molecule has 6 heteroatoms. The molecule has 0 saturated carbocycles. The van der Waals surface area contributed by atoms with Crippen molar-refractivity contribution < 1.29 is 0 Å². The van der Waals surface area contributed by atoms with E-state index >= 15 is 0 Å². The summed E-state index contributed by atoms with van der Waals surface area (Å²) >= 11 is 0. The van der Waals surface area contributed by atoms with Crippen LogP contribution in [0, 0.1) is 41.5 Å². The first-order chi connectivity index (χ1) is 17.3. The lowest BCUT2D eigenvalue weighted by molar-refractivity contribution is 1.09. The Bertz CT molecular complexity index is 1370. The van der Waals surface area contributed by atoms with Crippen molar-refractivity contribution in [2.45, 2.75) is 55.4 Å². The lowest BCUT2D eigenvalue weighted by atomic mass is 10.0. The topological polar surface area (TPSA) is 83.1 Å². The Morgan fingerprint density at radius 3 is 1.22 bits per heavy atom. The summed E-state index contributed by atoms with van der Waals surface area (Å²) in [5, 5.41) is 15.1. The second kappa shape index (κ2) is 10.3. The van der Waals surface area contributed by atoms with E-state index in [0.29, 0.717) is 11.6 Å². The van der Waals surface area contributed by atoms with E-state index in [2.05, 4.69) is 86.2 Å². The molecule has 36 heavy (non-hydrogen) atoms. The van der Waals surface area contributed by atoms with Crippen molar-refractivity contribution in [2.75, 3.05) is 0 Å². The van der Waals surface area contributed by atoms with E-state index in [1.165, 1.54) is 33.4 Å². The number of aromatic nitrogens is 6. The minimum Gasteiger partial charge on any atom is -0.259 e. The summed E-state index contributed by atoms with van der Waals surface area (Å²) in [6.07, 6.45) is 0. The molecule has 0 unspecified atom stereocenters. The highest BCUT2D eigenvalue weighted by Crippen LogP contribution is 2.28. The first kappa shape index (κ1) is 25.0. The fraction of sp³-hybridized carbons (Fsp3) is 0.267. The number of hydrogen-bond donors (Lipinski definition) is 2. The van der Waals surface area contributed by atoms with Crippen LogP contribution in [0.15, 0.2) is 48.5 Å². The Kier molecular flexibility index (Phi) is 7.15. The van der Waals surface area contributed by atoms with Crippen molar-refractivity contribution >= 4 is 0 Å². The van der Waals surface area contributed by atoms with Gasteiger partial charge in [-0.15, -0.1) is 0 Å². The molecule has 0 aliphatic rings. The van der Waals surface area contributed by atoms with Gasteiger partial charge in [0.1, 0.15) is 0 Å². The lowest BCUT2D eigenvalue weighted by Crippen LogP contribution is -1.90. The highest BCUT2D eigenvalue weighted by atomic mass is 15.2. The third-order valence-corrected chi connectivity index (χ3v) is 6.75. The van der Waals surface area contributed by atoms with Crippen LogP contribution in [0.25, 0.3) is 45.6 Å². The van der Waals surface area contributed by atoms with Crippen molar-refractivity contribution in [3.8, 4) is 45.6 Å². The van der Waals surface area contributed by atoms with Crippen LogP contribution in [0.4, 0.5) is 0 Å².